The number of carbonyl (C=O) groups excluding carboxylic acids is 2. The van der Waals surface area contributed by atoms with E-state index in [-0.39, 0.29) is 17.4 Å². The van der Waals surface area contributed by atoms with Crippen molar-refractivity contribution in [3.63, 3.8) is 0 Å². The highest BCUT2D eigenvalue weighted by Crippen LogP contribution is 2.28. The molecule has 3 aromatic rings. The third kappa shape index (κ3) is 6.26. The van der Waals surface area contributed by atoms with Crippen LogP contribution in [-0.4, -0.2) is 28.1 Å². The van der Waals surface area contributed by atoms with Crippen molar-refractivity contribution in [1.29, 1.82) is 0 Å². The number of amides is 2. The number of halogens is 3. The zero-order valence-corrected chi connectivity index (χ0v) is 20.6. The zero-order chi connectivity index (χ0) is 22.5. The molecule has 10 heteroatoms. The Kier molecular flexibility index (Phi) is 8.05. The third-order valence-electron chi connectivity index (χ3n) is 4.63. The lowest BCUT2D eigenvalue weighted by molar-refractivity contribution is -0.119. The van der Waals surface area contributed by atoms with E-state index in [1.54, 1.807) is 0 Å². The lowest BCUT2D eigenvalue weighted by Crippen LogP contribution is -2.47. The number of nitrogens with one attached hydrogen (secondary N) is 2. The van der Waals surface area contributed by atoms with Crippen LogP contribution in [0.3, 0.4) is 0 Å². The summed E-state index contributed by atoms with van der Waals surface area (Å²) in [6, 6.07) is 11.4. The fourth-order valence-corrected chi connectivity index (χ4v) is 4.47. The molecular weight excluding hydrogens is 523 g/mol. The summed E-state index contributed by atoms with van der Waals surface area (Å²) in [4.78, 5) is 25.7. The Labute approximate surface area is 202 Å². The molecule has 2 aromatic carbocycles. The number of hydrogen-bond acceptors (Lipinski definition) is 5. The molecule has 0 radical (unpaired) electrons. The van der Waals surface area contributed by atoms with Gasteiger partial charge in [0.15, 0.2) is 0 Å². The molecule has 0 aliphatic heterocycles. The first-order valence-corrected chi connectivity index (χ1v) is 11.8. The van der Waals surface area contributed by atoms with E-state index in [4.69, 9.17) is 23.2 Å². The van der Waals surface area contributed by atoms with Crippen molar-refractivity contribution in [2.24, 2.45) is 5.92 Å². The van der Waals surface area contributed by atoms with E-state index >= 15 is 0 Å². The van der Waals surface area contributed by atoms with E-state index in [0.717, 1.165) is 10.0 Å². The standard InChI is InChI=1S/C21H19BrCl2N4O2S/c1-3-11(2)17(25-18(29)13-8-15(23)10-16(24)9-13)19(30)26-21-28-27-20(31-21)12-5-4-6-14(22)7-12/h4-11,17H,3H2,1-2H3,(H,25,29)(H,26,28,30)/t11-,17-/m0/s1. The maximum absolute atomic E-state index is 13.0. The van der Waals surface area contributed by atoms with E-state index in [1.807, 2.05) is 38.1 Å². The second-order valence-corrected chi connectivity index (χ2v) is 9.67. The highest BCUT2D eigenvalue weighted by Gasteiger charge is 2.27. The van der Waals surface area contributed by atoms with Gasteiger partial charge in [-0.3, -0.25) is 14.9 Å². The molecule has 2 amide bonds. The SMILES string of the molecule is CC[C@H](C)[C@H](NC(=O)c1cc(Cl)cc(Cl)c1)C(=O)Nc1nnc(-c2cccc(Br)c2)s1. The molecule has 31 heavy (non-hydrogen) atoms. The first kappa shape index (κ1) is 23.7. The van der Waals surface area contributed by atoms with Crippen molar-refractivity contribution in [2.45, 2.75) is 26.3 Å². The summed E-state index contributed by atoms with van der Waals surface area (Å²) in [6.45, 7) is 3.84. The topological polar surface area (TPSA) is 84.0 Å². The van der Waals surface area contributed by atoms with Crippen LogP contribution >= 0.6 is 50.5 Å². The summed E-state index contributed by atoms with van der Waals surface area (Å²) in [5.74, 6) is -0.916. The summed E-state index contributed by atoms with van der Waals surface area (Å²) in [5.41, 5.74) is 1.17. The quantitative estimate of drug-likeness (QED) is 0.381. The van der Waals surface area contributed by atoms with Crippen molar-refractivity contribution in [3.05, 3.63) is 62.5 Å². The maximum Gasteiger partial charge on any atom is 0.252 e. The van der Waals surface area contributed by atoms with Crippen LogP contribution in [0.15, 0.2) is 46.9 Å². The Bertz CT molecular complexity index is 1090. The number of nitrogens with zero attached hydrogens (tertiary/aromatic N) is 2. The summed E-state index contributed by atoms with van der Waals surface area (Å²) < 4.78 is 0.923. The van der Waals surface area contributed by atoms with Gasteiger partial charge >= 0.3 is 0 Å². The summed E-state index contributed by atoms with van der Waals surface area (Å²) in [5, 5.41) is 15.5. The van der Waals surface area contributed by atoms with Crippen LogP contribution in [0.1, 0.15) is 30.6 Å². The molecule has 2 atom stereocenters. The average molecular weight is 542 g/mol. The van der Waals surface area contributed by atoms with Crippen molar-refractivity contribution in [1.82, 2.24) is 15.5 Å². The molecule has 2 N–H and O–H groups in total. The van der Waals surface area contributed by atoms with Crippen LogP contribution in [0.4, 0.5) is 5.13 Å². The molecule has 0 bridgehead atoms. The van der Waals surface area contributed by atoms with Crippen LogP contribution in [0.5, 0.6) is 0 Å². The lowest BCUT2D eigenvalue weighted by atomic mass is 9.98. The highest BCUT2D eigenvalue weighted by atomic mass is 79.9. The molecular formula is C21H19BrCl2N4O2S. The number of carbonyl (C=O) groups is 2. The lowest BCUT2D eigenvalue weighted by Gasteiger charge is -2.23. The van der Waals surface area contributed by atoms with Gasteiger partial charge in [-0.25, -0.2) is 0 Å². The molecule has 1 heterocycles. The Morgan fingerprint density at radius 2 is 1.84 bits per heavy atom. The Morgan fingerprint density at radius 3 is 2.48 bits per heavy atom. The van der Waals surface area contributed by atoms with Crippen molar-refractivity contribution < 1.29 is 9.59 Å². The van der Waals surface area contributed by atoms with Gasteiger partial charge in [0, 0.05) is 25.6 Å². The predicted octanol–water partition coefficient (Wildman–Crippen LogP) is 6.06. The second kappa shape index (κ2) is 10.5. The van der Waals surface area contributed by atoms with Crippen molar-refractivity contribution >= 4 is 67.4 Å². The van der Waals surface area contributed by atoms with Gasteiger partial charge in [-0.2, -0.15) is 0 Å². The molecule has 3 rings (SSSR count). The number of aromatic nitrogens is 2. The van der Waals surface area contributed by atoms with Gasteiger partial charge in [0.25, 0.3) is 5.91 Å². The fourth-order valence-electron chi connectivity index (χ4n) is 2.81. The van der Waals surface area contributed by atoms with Crippen LogP contribution in [-0.2, 0) is 4.79 Å². The Hall–Kier alpha value is -2.00. The van der Waals surface area contributed by atoms with Crippen LogP contribution in [0.25, 0.3) is 10.6 Å². The minimum Gasteiger partial charge on any atom is -0.340 e. The fraction of sp³-hybridized carbons (Fsp3) is 0.238. The molecule has 162 valence electrons. The van der Waals surface area contributed by atoms with Gasteiger partial charge in [0.2, 0.25) is 11.0 Å². The van der Waals surface area contributed by atoms with Crippen LogP contribution in [0.2, 0.25) is 10.0 Å². The minimum absolute atomic E-state index is 0.115. The normalized spacial score (nSPS) is 12.8. The van der Waals surface area contributed by atoms with E-state index in [0.29, 0.717) is 26.6 Å². The monoisotopic (exact) mass is 540 g/mol. The minimum atomic E-state index is -0.770. The zero-order valence-electron chi connectivity index (χ0n) is 16.7. The first-order chi connectivity index (χ1) is 14.8. The van der Waals surface area contributed by atoms with Gasteiger partial charge in [-0.15, -0.1) is 10.2 Å². The van der Waals surface area contributed by atoms with Gasteiger partial charge < -0.3 is 5.32 Å². The summed E-state index contributed by atoms with van der Waals surface area (Å²) >= 11 is 16.7. The largest absolute Gasteiger partial charge is 0.340 e. The average Bonchev–Trinajstić information content (AvgIpc) is 3.19. The molecule has 6 nitrogen and oxygen atoms in total. The highest BCUT2D eigenvalue weighted by molar-refractivity contribution is 9.10. The van der Waals surface area contributed by atoms with E-state index in [1.165, 1.54) is 29.5 Å². The summed E-state index contributed by atoms with van der Waals surface area (Å²) in [7, 11) is 0. The molecule has 0 fully saturated rings. The van der Waals surface area contributed by atoms with Crippen LogP contribution in [0, 0.1) is 5.92 Å². The predicted molar refractivity (Wildman–Crippen MR) is 129 cm³/mol. The third-order valence-corrected chi connectivity index (χ3v) is 6.45. The van der Waals surface area contributed by atoms with E-state index < -0.39 is 11.9 Å². The van der Waals surface area contributed by atoms with Gasteiger partial charge in [-0.05, 0) is 36.2 Å². The molecule has 0 saturated heterocycles. The van der Waals surface area contributed by atoms with E-state index in [9.17, 15) is 9.59 Å². The molecule has 0 aliphatic carbocycles. The molecule has 0 unspecified atom stereocenters. The Morgan fingerprint density at radius 1 is 1.13 bits per heavy atom. The first-order valence-electron chi connectivity index (χ1n) is 9.44. The molecule has 0 spiro atoms. The van der Waals surface area contributed by atoms with Gasteiger partial charge in [0.05, 0.1) is 0 Å². The molecule has 1 aromatic heterocycles. The van der Waals surface area contributed by atoms with E-state index in [2.05, 4.69) is 36.8 Å². The van der Waals surface area contributed by atoms with Crippen molar-refractivity contribution in [3.8, 4) is 10.6 Å². The number of hydrogen-bond donors (Lipinski definition) is 2. The van der Waals surface area contributed by atoms with Gasteiger partial charge in [-0.1, -0.05) is 82.9 Å². The van der Waals surface area contributed by atoms with Crippen molar-refractivity contribution in [2.75, 3.05) is 5.32 Å². The maximum atomic E-state index is 13.0. The molecule has 0 aliphatic rings. The smallest absolute Gasteiger partial charge is 0.252 e. The number of anilines is 1. The summed E-state index contributed by atoms with van der Waals surface area (Å²) in [6.07, 6.45) is 0.689. The van der Waals surface area contributed by atoms with Gasteiger partial charge in [0.1, 0.15) is 11.0 Å². The Balaban J connectivity index is 1.75. The second-order valence-electron chi connectivity index (χ2n) is 6.91. The number of rotatable bonds is 7. The van der Waals surface area contributed by atoms with Crippen LogP contribution < -0.4 is 10.6 Å². The molecule has 0 saturated carbocycles. The number of benzene rings is 2.